The summed E-state index contributed by atoms with van der Waals surface area (Å²) < 4.78 is 7.43. The number of aromatic nitrogens is 7. The van der Waals surface area contributed by atoms with Crippen molar-refractivity contribution in [1.82, 2.24) is 33.6 Å². The van der Waals surface area contributed by atoms with Gasteiger partial charge in [0.25, 0.3) is 6.71 Å². The van der Waals surface area contributed by atoms with Gasteiger partial charge in [0.2, 0.25) is 0 Å². The highest BCUT2D eigenvalue weighted by Crippen LogP contribution is 2.51. The first-order valence-corrected chi connectivity index (χ1v) is 19.7. The van der Waals surface area contributed by atoms with Gasteiger partial charge in [0.15, 0.2) is 0 Å². The average Bonchev–Trinajstić information content (AvgIpc) is 4.01. The molecular weight excluding hydrogens is 709 g/mol. The van der Waals surface area contributed by atoms with Gasteiger partial charge in [-0.2, -0.15) is 0 Å². The van der Waals surface area contributed by atoms with Gasteiger partial charge in [-0.1, -0.05) is 78.9 Å². The molecule has 0 bridgehead atoms. The van der Waals surface area contributed by atoms with Gasteiger partial charge >= 0.3 is 0 Å². The minimum absolute atomic E-state index is 0.0563. The van der Waals surface area contributed by atoms with Crippen LogP contribution in [-0.4, -0.2) is 40.3 Å². The number of rotatable bonds is 3. The predicted molar refractivity (Wildman–Crippen MR) is 235 cm³/mol. The number of pyridine rings is 4. The van der Waals surface area contributed by atoms with E-state index in [9.17, 15) is 0 Å². The molecule has 0 amide bonds. The Kier molecular flexibility index (Phi) is 5.73. The number of nitrogens with zero attached hydrogens (tertiary/aromatic N) is 7. The molecule has 0 saturated carbocycles. The Hall–Kier alpha value is -7.84. The van der Waals surface area contributed by atoms with Crippen LogP contribution in [0.1, 0.15) is 17.0 Å². The van der Waals surface area contributed by atoms with E-state index < -0.39 is 0 Å². The van der Waals surface area contributed by atoms with Crippen molar-refractivity contribution in [1.29, 1.82) is 0 Å². The quantitative estimate of drug-likeness (QED) is 0.171. The van der Waals surface area contributed by atoms with E-state index in [1.807, 2.05) is 36.9 Å². The number of para-hydroxylation sites is 2. The molecule has 7 aromatic heterocycles. The first kappa shape index (κ1) is 30.4. The fourth-order valence-electron chi connectivity index (χ4n) is 10.4. The fourth-order valence-corrected chi connectivity index (χ4v) is 10.4. The second kappa shape index (κ2) is 10.9. The molecule has 1 aliphatic carbocycles. The first-order valence-electron chi connectivity index (χ1n) is 19.7. The van der Waals surface area contributed by atoms with Crippen molar-refractivity contribution in [3.63, 3.8) is 0 Å². The highest BCUT2D eigenvalue weighted by molar-refractivity contribution is 7.00. The molecule has 14 rings (SSSR count). The van der Waals surface area contributed by atoms with Crippen LogP contribution in [0.25, 0.3) is 95.1 Å². The monoisotopic (exact) mass is 737 g/mol. The summed E-state index contributed by atoms with van der Waals surface area (Å²) in [6, 6.07) is 49.7. The lowest BCUT2D eigenvalue weighted by atomic mass is 9.34. The van der Waals surface area contributed by atoms with Gasteiger partial charge in [0.1, 0.15) is 5.65 Å². The van der Waals surface area contributed by atoms with Gasteiger partial charge < -0.3 is 4.57 Å². The van der Waals surface area contributed by atoms with E-state index in [2.05, 4.69) is 147 Å². The molecule has 2 aliphatic heterocycles. The Labute approximate surface area is 331 Å². The lowest BCUT2D eigenvalue weighted by molar-refractivity contribution is 1.05. The summed E-state index contributed by atoms with van der Waals surface area (Å²) in [6.07, 6.45) is 10.1. The molecule has 9 heterocycles. The molecule has 0 spiro atoms. The van der Waals surface area contributed by atoms with E-state index in [1.54, 1.807) is 0 Å². The van der Waals surface area contributed by atoms with Crippen LogP contribution in [-0.2, 0) is 0 Å². The van der Waals surface area contributed by atoms with Gasteiger partial charge in [0.05, 0.1) is 50.1 Å². The molecule has 4 aromatic carbocycles. The highest BCUT2D eigenvalue weighted by Gasteiger charge is 2.45. The molecule has 0 atom stereocenters. The van der Waals surface area contributed by atoms with Crippen LogP contribution < -0.4 is 16.4 Å². The van der Waals surface area contributed by atoms with Crippen LogP contribution >= 0.6 is 0 Å². The summed E-state index contributed by atoms with van der Waals surface area (Å²) in [7, 11) is 0. The van der Waals surface area contributed by atoms with Crippen molar-refractivity contribution in [2.75, 3.05) is 0 Å². The zero-order valence-corrected chi connectivity index (χ0v) is 30.9. The lowest BCUT2D eigenvalue weighted by Gasteiger charge is -2.34. The Morgan fingerprint density at radius 1 is 0.552 bits per heavy atom. The van der Waals surface area contributed by atoms with E-state index in [1.165, 1.54) is 21.8 Å². The van der Waals surface area contributed by atoms with Crippen molar-refractivity contribution >= 4 is 78.8 Å². The van der Waals surface area contributed by atoms with Gasteiger partial charge in [-0.25, -0.2) is 0 Å². The smallest absolute Gasteiger partial charge is 0.252 e. The molecule has 0 fully saturated rings. The van der Waals surface area contributed by atoms with Crippen LogP contribution in [0, 0.1) is 0 Å². The minimum atomic E-state index is -0.0563. The lowest BCUT2D eigenvalue weighted by Crippen LogP contribution is -2.59. The third-order valence-corrected chi connectivity index (χ3v) is 12.6. The number of benzene rings is 4. The third-order valence-electron chi connectivity index (χ3n) is 12.6. The average molecular weight is 738 g/mol. The molecule has 0 N–H and O–H groups in total. The van der Waals surface area contributed by atoms with Gasteiger partial charge in [-0.3, -0.25) is 29.1 Å². The molecule has 58 heavy (non-hydrogen) atoms. The van der Waals surface area contributed by atoms with Crippen molar-refractivity contribution < 1.29 is 0 Å². The summed E-state index contributed by atoms with van der Waals surface area (Å²) in [5, 5.41) is 2.34. The van der Waals surface area contributed by atoms with E-state index in [-0.39, 0.29) is 6.71 Å². The van der Waals surface area contributed by atoms with Gasteiger partial charge in [0, 0.05) is 69.5 Å². The van der Waals surface area contributed by atoms with E-state index in [0.717, 1.165) is 101 Å². The van der Waals surface area contributed by atoms with Crippen LogP contribution in [0.2, 0.25) is 0 Å². The van der Waals surface area contributed by atoms with Gasteiger partial charge in [-0.15, -0.1) is 0 Å². The Morgan fingerprint density at radius 2 is 1.26 bits per heavy atom. The fraction of sp³-hybridized carbons (Fsp3) is 0. The van der Waals surface area contributed by atoms with E-state index in [4.69, 9.17) is 19.9 Å². The molecule has 0 unspecified atom stereocenters. The second-order valence-corrected chi connectivity index (χ2v) is 15.4. The van der Waals surface area contributed by atoms with Crippen molar-refractivity contribution in [2.45, 2.75) is 0 Å². The molecule has 266 valence electrons. The SMILES string of the molecule is C(=C1\c2ncccc2-c2c1n1c3c(ccnc23)B2c3c-1cc(-c1ccccn1)cc3-n1c3c2ccnc3c2c3ccccc3n(-c3ccccc3)c21)/c1ccccc1. The maximum Gasteiger partial charge on any atom is 0.252 e. The Morgan fingerprint density at radius 3 is 2.07 bits per heavy atom. The van der Waals surface area contributed by atoms with Crippen molar-refractivity contribution in [2.24, 2.45) is 0 Å². The molecule has 0 radical (unpaired) electrons. The summed E-state index contributed by atoms with van der Waals surface area (Å²) >= 11 is 0. The molecule has 0 saturated heterocycles. The summed E-state index contributed by atoms with van der Waals surface area (Å²) in [6.45, 7) is -0.0563. The zero-order valence-electron chi connectivity index (χ0n) is 30.9. The molecule has 7 nitrogen and oxygen atoms in total. The zero-order chi connectivity index (χ0) is 37.6. The highest BCUT2D eigenvalue weighted by atomic mass is 15.2. The third kappa shape index (κ3) is 3.70. The summed E-state index contributed by atoms with van der Waals surface area (Å²) in [5.41, 5.74) is 22.1. The normalized spacial score (nSPS) is 13.9. The second-order valence-electron chi connectivity index (χ2n) is 15.4. The molecular formula is C50H28BN7. The van der Waals surface area contributed by atoms with Crippen molar-refractivity contribution in [3.8, 4) is 39.4 Å². The summed E-state index contributed by atoms with van der Waals surface area (Å²) in [4.78, 5) is 20.4. The largest absolute Gasteiger partial charge is 0.308 e. The molecule has 8 heteroatoms. The maximum absolute atomic E-state index is 5.22. The minimum Gasteiger partial charge on any atom is -0.308 e. The Bertz CT molecular complexity index is 3620. The van der Waals surface area contributed by atoms with Crippen molar-refractivity contribution in [3.05, 3.63) is 181 Å². The van der Waals surface area contributed by atoms with Crippen LogP contribution in [0.4, 0.5) is 0 Å². The van der Waals surface area contributed by atoms with E-state index in [0.29, 0.717) is 0 Å². The van der Waals surface area contributed by atoms with E-state index >= 15 is 0 Å². The van der Waals surface area contributed by atoms with Crippen LogP contribution in [0.15, 0.2) is 164 Å². The number of fused-ring (bicyclic) bond motifs is 14. The molecule has 11 aromatic rings. The first-order chi connectivity index (χ1) is 28.8. The molecule has 3 aliphatic rings. The standard InChI is InChI=1S/C50H28BN7/c1-3-12-29(13-4-1)26-34-44-33(17-11-23-53-44)41-45-48-35(20-24-54-45)51-36-21-25-55-46-42-32-16-7-8-19-38(32)56(31-14-5-2-6-15-31)50(42)58(49(36)46)40-28-30(37-18-9-10-22-52-37)27-39(43(40)51)57(48)47(34)41/h1-28H/b34-26-. The number of hydrogen-bond acceptors (Lipinski definition) is 4. The predicted octanol–water partition coefficient (Wildman–Crippen LogP) is 8.63. The topological polar surface area (TPSA) is 66.3 Å². The Balaban J connectivity index is 1.20. The number of hydrogen-bond donors (Lipinski definition) is 0. The van der Waals surface area contributed by atoms with Crippen LogP contribution in [0.5, 0.6) is 0 Å². The summed E-state index contributed by atoms with van der Waals surface area (Å²) in [5.74, 6) is 0. The van der Waals surface area contributed by atoms with Crippen LogP contribution in [0.3, 0.4) is 0 Å². The van der Waals surface area contributed by atoms with Gasteiger partial charge in [-0.05, 0) is 88.7 Å². The maximum atomic E-state index is 5.22.